The van der Waals surface area contributed by atoms with Crippen LogP contribution in [0.5, 0.6) is 0 Å². The van der Waals surface area contributed by atoms with Gasteiger partial charge < -0.3 is 10.1 Å². The van der Waals surface area contributed by atoms with E-state index in [0.29, 0.717) is 25.4 Å². The maximum Gasteiger partial charge on any atom is 0.261 e. The number of unbranched alkanes of at least 4 members (excludes halogenated alkanes) is 1. The van der Waals surface area contributed by atoms with E-state index in [2.05, 4.69) is 21.9 Å². The molecule has 33 heavy (non-hydrogen) atoms. The lowest BCUT2D eigenvalue weighted by molar-refractivity contribution is 0.0204. The number of morpholine rings is 1. The van der Waals surface area contributed by atoms with E-state index in [1.54, 1.807) is 12.1 Å². The van der Waals surface area contributed by atoms with E-state index in [-0.39, 0.29) is 21.5 Å². The van der Waals surface area contributed by atoms with Crippen molar-refractivity contribution in [2.75, 3.05) is 37.6 Å². The molecule has 0 aromatic heterocycles. The molecule has 0 spiro atoms. The molecular formula is C24H32ClN3O4S. The number of nitrogens with one attached hydrogen (secondary N) is 2. The third-order valence-corrected chi connectivity index (χ3v) is 7.45. The fraction of sp³-hybridized carbons (Fsp3) is 0.458. The number of nitrogens with zero attached hydrogens (tertiary/aromatic N) is 1. The summed E-state index contributed by atoms with van der Waals surface area (Å²) in [7, 11) is -3.88. The van der Waals surface area contributed by atoms with Gasteiger partial charge in [-0.15, -0.1) is 0 Å². The highest BCUT2D eigenvalue weighted by atomic mass is 35.5. The zero-order chi connectivity index (χ0) is 23.8. The summed E-state index contributed by atoms with van der Waals surface area (Å²) in [5, 5.41) is 3.07. The van der Waals surface area contributed by atoms with E-state index in [0.717, 1.165) is 37.9 Å². The van der Waals surface area contributed by atoms with Crippen molar-refractivity contribution in [3.05, 3.63) is 58.6 Å². The van der Waals surface area contributed by atoms with Gasteiger partial charge in [-0.1, -0.05) is 37.1 Å². The number of benzene rings is 2. The molecule has 1 unspecified atom stereocenters. The van der Waals surface area contributed by atoms with E-state index in [1.807, 2.05) is 19.1 Å². The fourth-order valence-corrected chi connectivity index (χ4v) is 4.95. The molecule has 2 aromatic rings. The first kappa shape index (κ1) is 25.5. The Labute approximate surface area is 201 Å². The highest BCUT2D eigenvalue weighted by molar-refractivity contribution is 7.92. The quantitative estimate of drug-likeness (QED) is 0.523. The minimum atomic E-state index is -3.88. The molecule has 1 aliphatic heterocycles. The van der Waals surface area contributed by atoms with Gasteiger partial charge in [0.25, 0.3) is 15.9 Å². The zero-order valence-electron chi connectivity index (χ0n) is 19.1. The zero-order valence-corrected chi connectivity index (χ0v) is 20.7. The first-order valence-corrected chi connectivity index (χ1v) is 13.2. The van der Waals surface area contributed by atoms with Gasteiger partial charge in [0.2, 0.25) is 0 Å². The summed E-state index contributed by atoms with van der Waals surface area (Å²) in [4.78, 5) is 15.0. The number of hydrogen-bond donors (Lipinski definition) is 2. The van der Waals surface area contributed by atoms with Crippen LogP contribution in [0, 0.1) is 0 Å². The maximum absolute atomic E-state index is 12.9. The maximum atomic E-state index is 12.9. The Kier molecular flexibility index (Phi) is 9.14. The Hall–Kier alpha value is -2.13. The summed E-state index contributed by atoms with van der Waals surface area (Å²) < 4.78 is 33.8. The number of aryl methyl sites for hydroxylation is 1. The van der Waals surface area contributed by atoms with E-state index in [9.17, 15) is 13.2 Å². The van der Waals surface area contributed by atoms with Gasteiger partial charge in [-0.25, -0.2) is 8.42 Å². The van der Waals surface area contributed by atoms with Crippen molar-refractivity contribution in [1.82, 2.24) is 10.2 Å². The van der Waals surface area contributed by atoms with Crippen molar-refractivity contribution in [2.45, 2.75) is 44.0 Å². The number of ether oxygens (including phenoxy) is 1. The third kappa shape index (κ3) is 7.17. The lowest BCUT2D eigenvalue weighted by Gasteiger charge is -2.32. The predicted molar refractivity (Wildman–Crippen MR) is 132 cm³/mol. The van der Waals surface area contributed by atoms with Crippen LogP contribution in [0.25, 0.3) is 0 Å². The molecule has 2 N–H and O–H groups in total. The van der Waals surface area contributed by atoms with Gasteiger partial charge in [0.1, 0.15) is 0 Å². The molecule has 3 rings (SSSR count). The third-order valence-electron chi connectivity index (χ3n) is 5.74. The van der Waals surface area contributed by atoms with Crippen LogP contribution in [0.1, 0.15) is 42.6 Å². The van der Waals surface area contributed by atoms with Gasteiger partial charge in [0.15, 0.2) is 0 Å². The minimum absolute atomic E-state index is 0.0201. The number of halogens is 1. The number of amides is 1. The Morgan fingerprint density at radius 2 is 1.85 bits per heavy atom. The topological polar surface area (TPSA) is 87.7 Å². The van der Waals surface area contributed by atoms with Gasteiger partial charge in [-0.05, 0) is 55.7 Å². The van der Waals surface area contributed by atoms with Crippen LogP contribution in [-0.4, -0.2) is 58.1 Å². The molecule has 1 aliphatic rings. The van der Waals surface area contributed by atoms with Gasteiger partial charge >= 0.3 is 0 Å². The van der Waals surface area contributed by atoms with Crippen molar-refractivity contribution in [1.29, 1.82) is 0 Å². The average molecular weight is 494 g/mol. The average Bonchev–Trinajstić information content (AvgIpc) is 2.82. The summed E-state index contributed by atoms with van der Waals surface area (Å²) in [6.45, 7) is 7.58. The molecule has 0 saturated carbocycles. The first-order chi connectivity index (χ1) is 15.8. The van der Waals surface area contributed by atoms with Crippen LogP contribution in [0.4, 0.5) is 5.69 Å². The smallest absolute Gasteiger partial charge is 0.261 e. The highest BCUT2D eigenvalue weighted by Crippen LogP contribution is 2.23. The Morgan fingerprint density at radius 1 is 1.15 bits per heavy atom. The molecule has 1 heterocycles. The second-order valence-corrected chi connectivity index (χ2v) is 10.3. The Balaban J connectivity index is 1.66. The molecule has 0 aliphatic carbocycles. The molecule has 1 atom stereocenters. The van der Waals surface area contributed by atoms with Crippen molar-refractivity contribution >= 4 is 33.2 Å². The van der Waals surface area contributed by atoms with Crippen molar-refractivity contribution in [2.24, 2.45) is 0 Å². The first-order valence-electron chi connectivity index (χ1n) is 11.3. The van der Waals surface area contributed by atoms with Crippen molar-refractivity contribution < 1.29 is 17.9 Å². The number of anilines is 1. The SMILES string of the molecule is CCCCc1ccc(NS(=O)(=O)c2ccc(Cl)c(C(=O)NCC(C)N3CCOCC3)c2)cc1. The van der Waals surface area contributed by atoms with Crippen LogP contribution in [-0.2, 0) is 21.2 Å². The highest BCUT2D eigenvalue weighted by Gasteiger charge is 2.21. The molecule has 1 saturated heterocycles. The summed E-state index contributed by atoms with van der Waals surface area (Å²) in [6, 6.07) is 11.6. The van der Waals surface area contributed by atoms with Crippen LogP contribution in [0.15, 0.2) is 47.4 Å². The largest absolute Gasteiger partial charge is 0.379 e. The lowest BCUT2D eigenvalue weighted by atomic mass is 10.1. The fourth-order valence-electron chi connectivity index (χ4n) is 3.66. The van der Waals surface area contributed by atoms with Gasteiger partial charge in [-0.3, -0.25) is 14.4 Å². The molecule has 1 amide bonds. The number of carbonyl (C=O) groups excluding carboxylic acids is 1. The van der Waals surface area contributed by atoms with E-state index >= 15 is 0 Å². The summed E-state index contributed by atoms with van der Waals surface area (Å²) in [6.07, 6.45) is 3.16. The summed E-state index contributed by atoms with van der Waals surface area (Å²) >= 11 is 6.22. The van der Waals surface area contributed by atoms with Crippen molar-refractivity contribution in [3.8, 4) is 0 Å². The molecule has 0 bridgehead atoms. The monoisotopic (exact) mass is 493 g/mol. The number of hydrogen-bond acceptors (Lipinski definition) is 5. The van der Waals surface area contributed by atoms with Crippen molar-refractivity contribution in [3.63, 3.8) is 0 Å². The lowest BCUT2D eigenvalue weighted by Crippen LogP contribution is -2.47. The molecule has 7 nitrogen and oxygen atoms in total. The second-order valence-electron chi connectivity index (χ2n) is 8.26. The number of carbonyl (C=O) groups is 1. The Morgan fingerprint density at radius 3 is 2.52 bits per heavy atom. The van der Waals surface area contributed by atoms with E-state index in [1.165, 1.54) is 18.2 Å². The van der Waals surface area contributed by atoms with E-state index < -0.39 is 15.9 Å². The molecular weight excluding hydrogens is 462 g/mol. The normalized spacial score (nSPS) is 15.7. The van der Waals surface area contributed by atoms with Gasteiger partial charge in [0, 0.05) is 31.4 Å². The van der Waals surface area contributed by atoms with Crippen LogP contribution < -0.4 is 10.0 Å². The van der Waals surface area contributed by atoms with E-state index in [4.69, 9.17) is 16.3 Å². The second kappa shape index (κ2) is 11.8. The van der Waals surface area contributed by atoms with Gasteiger partial charge in [-0.2, -0.15) is 0 Å². The van der Waals surface area contributed by atoms with Crippen LogP contribution in [0.3, 0.4) is 0 Å². The predicted octanol–water partition coefficient (Wildman–Crippen LogP) is 3.93. The minimum Gasteiger partial charge on any atom is -0.379 e. The van der Waals surface area contributed by atoms with Gasteiger partial charge in [0.05, 0.1) is 28.7 Å². The molecule has 1 fully saturated rings. The number of rotatable bonds is 10. The molecule has 2 aromatic carbocycles. The standard InChI is InChI=1S/C24H32ClN3O4S/c1-3-4-5-19-6-8-20(9-7-19)27-33(30,31)21-10-11-23(25)22(16-21)24(29)26-17-18(2)28-12-14-32-15-13-28/h6-11,16,18,27H,3-5,12-15,17H2,1-2H3,(H,26,29). The van der Waals surface area contributed by atoms with Crippen LogP contribution in [0.2, 0.25) is 5.02 Å². The summed E-state index contributed by atoms with van der Waals surface area (Å²) in [5.74, 6) is -0.405. The number of sulfonamides is 1. The van der Waals surface area contributed by atoms with Crippen LogP contribution >= 0.6 is 11.6 Å². The Bertz CT molecular complexity index is 1040. The summed E-state index contributed by atoms with van der Waals surface area (Å²) in [5.41, 5.74) is 1.76. The molecule has 0 radical (unpaired) electrons. The molecule has 9 heteroatoms. The molecule has 180 valence electrons.